The molecule has 1 unspecified atom stereocenters. The first kappa shape index (κ1) is 16.2. The molecule has 1 aromatic rings. The van der Waals surface area contributed by atoms with Gasteiger partial charge in [0.25, 0.3) is 0 Å². The Kier molecular flexibility index (Phi) is 5.58. The largest absolute Gasteiger partial charge is 0.444 e. The molecule has 1 aliphatic rings. The van der Waals surface area contributed by atoms with Gasteiger partial charge in [-0.3, -0.25) is 0 Å². The molecule has 1 aromatic heterocycles. The van der Waals surface area contributed by atoms with Crippen molar-refractivity contribution in [1.82, 2.24) is 15.2 Å². The highest BCUT2D eigenvalue weighted by molar-refractivity contribution is 7.07. The van der Waals surface area contributed by atoms with Crippen LogP contribution in [-0.2, 0) is 11.3 Å². The maximum Gasteiger partial charge on any atom is 0.410 e. The van der Waals surface area contributed by atoms with Crippen molar-refractivity contribution in [2.75, 3.05) is 13.1 Å². The topological polar surface area (TPSA) is 54.5 Å². The van der Waals surface area contributed by atoms with Crippen LogP contribution in [0.5, 0.6) is 0 Å². The third kappa shape index (κ3) is 5.63. The molecule has 2 rings (SSSR count). The molecule has 1 aliphatic heterocycles. The van der Waals surface area contributed by atoms with E-state index in [-0.39, 0.29) is 6.09 Å². The SMILES string of the molecule is CC(C)(C)OC(=O)N1CCCC(NCc2cscn2)CC1. The van der Waals surface area contributed by atoms with Crippen molar-refractivity contribution in [2.24, 2.45) is 0 Å². The highest BCUT2D eigenvalue weighted by Gasteiger charge is 2.25. The van der Waals surface area contributed by atoms with Crippen LogP contribution >= 0.6 is 11.3 Å². The van der Waals surface area contributed by atoms with Crippen molar-refractivity contribution in [3.05, 3.63) is 16.6 Å². The zero-order chi connectivity index (χ0) is 15.3. The second kappa shape index (κ2) is 7.22. The highest BCUT2D eigenvalue weighted by Crippen LogP contribution is 2.16. The zero-order valence-corrected chi connectivity index (χ0v) is 13.9. The molecule has 0 bridgehead atoms. The van der Waals surface area contributed by atoms with Gasteiger partial charge in [0.05, 0.1) is 11.2 Å². The normalized spacial score (nSPS) is 20.1. The Labute approximate surface area is 130 Å². The quantitative estimate of drug-likeness (QED) is 0.932. The average molecular weight is 311 g/mol. The van der Waals surface area contributed by atoms with Gasteiger partial charge in [-0.05, 0) is 40.0 Å². The van der Waals surface area contributed by atoms with Gasteiger partial charge < -0.3 is 15.0 Å². The number of aromatic nitrogens is 1. The maximum absolute atomic E-state index is 12.1. The second-order valence-corrected chi connectivity index (χ2v) is 7.17. The molecule has 0 radical (unpaired) electrons. The van der Waals surface area contributed by atoms with Crippen LogP contribution in [0.15, 0.2) is 10.9 Å². The van der Waals surface area contributed by atoms with Crippen molar-refractivity contribution < 1.29 is 9.53 Å². The summed E-state index contributed by atoms with van der Waals surface area (Å²) in [5, 5.41) is 5.60. The molecule has 0 aliphatic carbocycles. The molecule has 5 nitrogen and oxygen atoms in total. The van der Waals surface area contributed by atoms with E-state index in [2.05, 4.69) is 15.7 Å². The lowest BCUT2D eigenvalue weighted by atomic mass is 10.1. The van der Waals surface area contributed by atoms with Crippen LogP contribution in [0.3, 0.4) is 0 Å². The molecule has 0 saturated carbocycles. The van der Waals surface area contributed by atoms with E-state index < -0.39 is 5.60 Å². The minimum atomic E-state index is -0.425. The third-order valence-corrected chi connectivity index (χ3v) is 4.07. The number of hydrogen-bond donors (Lipinski definition) is 1. The maximum atomic E-state index is 12.1. The average Bonchev–Trinajstić information content (AvgIpc) is 2.78. The Morgan fingerprint density at radius 3 is 2.95 bits per heavy atom. The van der Waals surface area contributed by atoms with Crippen LogP contribution in [0, 0.1) is 0 Å². The fourth-order valence-corrected chi connectivity index (χ4v) is 2.94. The summed E-state index contributed by atoms with van der Waals surface area (Å²) in [6.07, 6.45) is 2.86. The van der Waals surface area contributed by atoms with Gasteiger partial charge in [-0.1, -0.05) is 0 Å². The molecule has 1 atom stereocenters. The van der Waals surface area contributed by atoms with Gasteiger partial charge in [0.2, 0.25) is 0 Å². The highest BCUT2D eigenvalue weighted by atomic mass is 32.1. The number of ether oxygens (including phenoxy) is 1. The molecule has 1 saturated heterocycles. The van der Waals surface area contributed by atoms with E-state index in [0.717, 1.165) is 44.6 Å². The Morgan fingerprint density at radius 1 is 1.48 bits per heavy atom. The van der Waals surface area contributed by atoms with E-state index in [1.54, 1.807) is 11.3 Å². The molecule has 2 heterocycles. The fourth-order valence-electron chi connectivity index (χ4n) is 2.38. The molecular weight excluding hydrogens is 286 g/mol. The van der Waals surface area contributed by atoms with Crippen LogP contribution in [0.2, 0.25) is 0 Å². The number of rotatable bonds is 3. The minimum absolute atomic E-state index is 0.192. The van der Waals surface area contributed by atoms with Crippen LogP contribution in [0.4, 0.5) is 4.79 Å². The van der Waals surface area contributed by atoms with E-state index in [9.17, 15) is 4.79 Å². The number of nitrogens with zero attached hydrogens (tertiary/aromatic N) is 2. The Hall–Kier alpha value is -1.14. The summed E-state index contributed by atoms with van der Waals surface area (Å²) >= 11 is 1.62. The number of carbonyl (C=O) groups excluding carboxylic acids is 1. The second-order valence-electron chi connectivity index (χ2n) is 6.46. The van der Waals surface area contributed by atoms with E-state index >= 15 is 0 Å². The lowest BCUT2D eigenvalue weighted by Gasteiger charge is -2.26. The Balaban J connectivity index is 1.77. The van der Waals surface area contributed by atoms with E-state index in [1.165, 1.54) is 0 Å². The number of likely N-dealkylation sites (tertiary alicyclic amines) is 1. The van der Waals surface area contributed by atoms with Crippen LogP contribution in [0.1, 0.15) is 45.7 Å². The fraction of sp³-hybridized carbons (Fsp3) is 0.733. The molecule has 0 aromatic carbocycles. The number of carbonyl (C=O) groups is 1. The van der Waals surface area contributed by atoms with Crippen molar-refractivity contribution in [3.63, 3.8) is 0 Å². The number of amides is 1. The Morgan fingerprint density at radius 2 is 2.29 bits per heavy atom. The summed E-state index contributed by atoms with van der Waals surface area (Å²) in [7, 11) is 0. The van der Waals surface area contributed by atoms with Gasteiger partial charge in [-0.2, -0.15) is 0 Å². The van der Waals surface area contributed by atoms with Gasteiger partial charge in [0.1, 0.15) is 5.60 Å². The first-order valence-corrected chi connectivity index (χ1v) is 8.47. The summed E-state index contributed by atoms with van der Waals surface area (Å²) < 4.78 is 5.44. The van der Waals surface area contributed by atoms with E-state index in [4.69, 9.17) is 4.74 Å². The summed E-state index contributed by atoms with van der Waals surface area (Å²) in [5.41, 5.74) is 2.52. The molecule has 6 heteroatoms. The van der Waals surface area contributed by atoms with Crippen molar-refractivity contribution >= 4 is 17.4 Å². The minimum Gasteiger partial charge on any atom is -0.444 e. The number of hydrogen-bond acceptors (Lipinski definition) is 5. The number of nitrogens with one attached hydrogen (secondary N) is 1. The smallest absolute Gasteiger partial charge is 0.410 e. The van der Waals surface area contributed by atoms with Gasteiger partial charge in [-0.15, -0.1) is 11.3 Å². The molecule has 1 amide bonds. The van der Waals surface area contributed by atoms with Gasteiger partial charge in [-0.25, -0.2) is 9.78 Å². The standard InChI is InChI=1S/C15H25N3O2S/c1-15(2,3)20-14(19)18-7-4-5-12(6-8-18)16-9-13-10-21-11-17-13/h10-12,16H,4-9H2,1-3H3. The predicted octanol–water partition coefficient (Wildman–Crippen LogP) is 3.02. The van der Waals surface area contributed by atoms with Crippen LogP contribution in [-0.4, -0.2) is 40.7 Å². The predicted molar refractivity (Wildman–Crippen MR) is 84.4 cm³/mol. The molecule has 1 fully saturated rings. The van der Waals surface area contributed by atoms with Gasteiger partial charge in [0, 0.05) is 31.1 Å². The van der Waals surface area contributed by atoms with Crippen LogP contribution < -0.4 is 5.32 Å². The third-order valence-electron chi connectivity index (χ3n) is 3.44. The summed E-state index contributed by atoms with van der Waals surface area (Å²) in [5.74, 6) is 0. The first-order chi connectivity index (χ1) is 9.94. The van der Waals surface area contributed by atoms with Crippen molar-refractivity contribution in [1.29, 1.82) is 0 Å². The molecule has 118 valence electrons. The summed E-state index contributed by atoms with van der Waals surface area (Å²) in [6, 6.07) is 0.444. The summed E-state index contributed by atoms with van der Waals surface area (Å²) in [6.45, 7) is 8.05. The summed E-state index contributed by atoms with van der Waals surface area (Å²) in [4.78, 5) is 18.2. The molecule has 0 spiro atoms. The van der Waals surface area contributed by atoms with E-state index in [1.807, 2.05) is 31.2 Å². The monoisotopic (exact) mass is 311 g/mol. The molecule has 1 N–H and O–H groups in total. The van der Waals surface area contributed by atoms with Crippen molar-refractivity contribution in [3.8, 4) is 0 Å². The van der Waals surface area contributed by atoms with Gasteiger partial charge >= 0.3 is 6.09 Å². The Bertz CT molecular complexity index is 442. The molecular formula is C15H25N3O2S. The van der Waals surface area contributed by atoms with Crippen LogP contribution in [0.25, 0.3) is 0 Å². The van der Waals surface area contributed by atoms with Crippen molar-refractivity contribution in [2.45, 2.75) is 58.2 Å². The zero-order valence-electron chi connectivity index (χ0n) is 13.1. The lowest BCUT2D eigenvalue weighted by molar-refractivity contribution is 0.0256. The molecule has 21 heavy (non-hydrogen) atoms. The van der Waals surface area contributed by atoms with E-state index in [0.29, 0.717) is 6.04 Å². The van der Waals surface area contributed by atoms with Gasteiger partial charge in [0.15, 0.2) is 0 Å². The number of thiazole rings is 1. The lowest BCUT2D eigenvalue weighted by Crippen LogP contribution is -2.38. The first-order valence-electron chi connectivity index (χ1n) is 7.52.